The zero-order valence-corrected chi connectivity index (χ0v) is 12.9. The van der Waals surface area contributed by atoms with E-state index in [2.05, 4.69) is 15.0 Å². The van der Waals surface area contributed by atoms with E-state index < -0.39 is 0 Å². The summed E-state index contributed by atoms with van der Waals surface area (Å²) in [6, 6.07) is 1.73. The molecule has 7 heteroatoms. The van der Waals surface area contributed by atoms with Gasteiger partial charge in [-0.15, -0.1) is 11.3 Å². The number of nitrogens with zero attached hydrogens (tertiary/aromatic N) is 5. The number of hydrogen-bond acceptors (Lipinski definition) is 4. The second-order valence-electron chi connectivity index (χ2n) is 5.06. The van der Waals surface area contributed by atoms with Gasteiger partial charge in [0.15, 0.2) is 4.80 Å². The molecule has 0 N–H and O–H groups in total. The average Bonchev–Trinajstić information content (AvgIpc) is 3.08. The molecular weight excluding hydrogens is 286 g/mol. The number of aromatic nitrogens is 3. The average molecular weight is 303 g/mol. The summed E-state index contributed by atoms with van der Waals surface area (Å²) in [6.07, 6.45) is 4.01. The van der Waals surface area contributed by atoms with Crippen LogP contribution in [0.15, 0.2) is 22.6 Å². The summed E-state index contributed by atoms with van der Waals surface area (Å²) in [5.41, 5.74) is 0.896. The Labute approximate surface area is 126 Å². The van der Waals surface area contributed by atoms with Gasteiger partial charge in [0, 0.05) is 36.4 Å². The quantitative estimate of drug-likeness (QED) is 0.810. The minimum absolute atomic E-state index is 0.161. The molecule has 0 radical (unpaired) electrons. The third-order valence-corrected chi connectivity index (χ3v) is 4.11. The normalized spacial score (nSPS) is 15.7. The van der Waals surface area contributed by atoms with Crippen molar-refractivity contribution in [2.45, 2.75) is 26.7 Å². The van der Waals surface area contributed by atoms with Gasteiger partial charge in [-0.25, -0.2) is 14.8 Å². The smallest absolute Gasteiger partial charge is 0.323 e. The fourth-order valence-corrected chi connectivity index (χ4v) is 3.11. The van der Waals surface area contributed by atoms with Crippen LogP contribution in [0.25, 0.3) is 5.82 Å². The van der Waals surface area contributed by atoms with E-state index in [1.165, 1.54) is 11.3 Å². The molecule has 0 spiro atoms. The lowest BCUT2D eigenvalue weighted by molar-refractivity contribution is 0.218. The van der Waals surface area contributed by atoms with Crippen LogP contribution in [-0.4, -0.2) is 38.6 Å². The Balaban J connectivity index is 1.98. The Kier molecular flexibility index (Phi) is 3.83. The molecule has 0 aromatic carbocycles. The SMILES string of the molecule is Cc1cc(-n2ccsc2=NC(=O)N2CCCC2)nc(C)n1. The third kappa shape index (κ3) is 3.02. The van der Waals surface area contributed by atoms with Crippen molar-refractivity contribution in [1.29, 1.82) is 0 Å². The highest BCUT2D eigenvalue weighted by Crippen LogP contribution is 2.09. The maximum absolute atomic E-state index is 12.1. The van der Waals surface area contributed by atoms with E-state index in [9.17, 15) is 4.79 Å². The van der Waals surface area contributed by atoms with Crippen molar-refractivity contribution in [3.8, 4) is 5.82 Å². The van der Waals surface area contributed by atoms with Crippen molar-refractivity contribution < 1.29 is 4.79 Å². The summed E-state index contributed by atoms with van der Waals surface area (Å²) < 4.78 is 1.83. The summed E-state index contributed by atoms with van der Waals surface area (Å²) >= 11 is 1.43. The number of thiazole rings is 1. The molecule has 0 bridgehead atoms. The van der Waals surface area contributed by atoms with E-state index in [1.54, 1.807) is 4.90 Å². The first-order valence-corrected chi connectivity index (χ1v) is 7.84. The minimum Gasteiger partial charge on any atom is -0.323 e. The van der Waals surface area contributed by atoms with Crippen molar-refractivity contribution >= 4 is 17.4 Å². The van der Waals surface area contributed by atoms with Gasteiger partial charge < -0.3 is 4.90 Å². The molecule has 0 unspecified atom stereocenters. The van der Waals surface area contributed by atoms with Gasteiger partial charge in [0.05, 0.1) is 0 Å². The van der Waals surface area contributed by atoms with Crippen LogP contribution in [0.4, 0.5) is 4.79 Å². The van der Waals surface area contributed by atoms with Gasteiger partial charge in [0.25, 0.3) is 0 Å². The summed E-state index contributed by atoms with van der Waals surface area (Å²) in [5.74, 6) is 1.45. The highest BCUT2D eigenvalue weighted by atomic mass is 32.1. The van der Waals surface area contributed by atoms with Gasteiger partial charge >= 0.3 is 6.03 Å². The molecule has 2 aromatic rings. The van der Waals surface area contributed by atoms with Gasteiger partial charge in [0.2, 0.25) is 0 Å². The topological polar surface area (TPSA) is 63.4 Å². The molecule has 21 heavy (non-hydrogen) atoms. The Morgan fingerprint density at radius 2 is 2.05 bits per heavy atom. The number of hydrogen-bond donors (Lipinski definition) is 0. The summed E-state index contributed by atoms with van der Waals surface area (Å²) in [5, 5.41) is 1.91. The molecule has 3 heterocycles. The summed E-state index contributed by atoms with van der Waals surface area (Å²) in [6.45, 7) is 5.39. The van der Waals surface area contributed by atoms with E-state index in [4.69, 9.17) is 0 Å². The van der Waals surface area contributed by atoms with E-state index in [-0.39, 0.29) is 6.03 Å². The second kappa shape index (κ2) is 5.77. The number of likely N-dealkylation sites (tertiary alicyclic amines) is 1. The van der Waals surface area contributed by atoms with Gasteiger partial charge in [-0.2, -0.15) is 4.99 Å². The number of carbonyl (C=O) groups excluding carboxylic acids is 1. The fourth-order valence-electron chi connectivity index (χ4n) is 2.41. The molecule has 6 nitrogen and oxygen atoms in total. The molecule has 110 valence electrons. The molecule has 0 saturated carbocycles. The molecule has 2 aromatic heterocycles. The highest BCUT2D eigenvalue weighted by molar-refractivity contribution is 7.07. The molecular formula is C14H17N5OS. The molecule has 1 saturated heterocycles. The van der Waals surface area contributed by atoms with E-state index in [1.807, 2.05) is 36.1 Å². The van der Waals surface area contributed by atoms with Crippen molar-refractivity contribution in [3.63, 3.8) is 0 Å². The van der Waals surface area contributed by atoms with Crippen LogP contribution in [0.2, 0.25) is 0 Å². The van der Waals surface area contributed by atoms with Gasteiger partial charge in [-0.1, -0.05) is 0 Å². The zero-order chi connectivity index (χ0) is 14.8. The molecule has 3 rings (SSSR count). The standard InChI is InChI=1S/C14H17N5OS/c1-10-9-12(16-11(2)15-10)19-7-8-21-14(19)17-13(20)18-5-3-4-6-18/h7-9H,3-6H2,1-2H3. The van der Waals surface area contributed by atoms with Gasteiger partial charge in [-0.3, -0.25) is 4.57 Å². The summed E-state index contributed by atoms with van der Waals surface area (Å²) in [4.78, 5) is 27.5. The predicted molar refractivity (Wildman–Crippen MR) is 80.5 cm³/mol. The zero-order valence-electron chi connectivity index (χ0n) is 12.1. The lowest BCUT2D eigenvalue weighted by atomic mass is 10.4. The fraction of sp³-hybridized carbons (Fsp3) is 0.429. The lowest BCUT2D eigenvalue weighted by Gasteiger charge is -2.10. The molecule has 1 aliphatic rings. The molecule has 1 aliphatic heterocycles. The first kappa shape index (κ1) is 13.9. The molecule has 1 fully saturated rings. The highest BCUT2D eigenvalue weighted by Gasteiger charge is 2.17. The number of carbonyl (C=O) groups is 1. The van der Waals surface area contributed by atoms with Gasteiger partial charge in [-0.05, 0) is 26.7 Å². The second-order valence-corrected chi connectivity index (χ2v) is 5.93. The Morgan fingerprint density at radius 1 is 1.29 bits per heavy atom. The van der Waals surface area contributed by atoms with Crippen LogP contribution in [0.5, 0.6) is 0 Å². The Morgan fingerprint density at radius 3 is 2.76 bits per heavy atom. The number of urea groups is 1. The van der Waals surface area contributed by atoms with Crippen molar-refractivity contribution in [1.82, 2.24) is 19.4 Å². The first-order chi connectivity index (χ1) is 10.1. The monoisotopic (exact) mass is 303 g/mol. The van der Waals surface area contributed by atoms with Crippen LogP contribution in [0.3, 0.4) is 0 Å². The van der Waals surface area contributed by atoms with Crippen LogP contribution in [0.1, 0.15) is 24.4 Å². The van der Waals surface area contributed by atoms with Crippen molar-refractivity contribution in [3.05, 3.63) is 34.0 Å². The van der Waals surface area contributed by atoms with Crippen LogP contribution in [0, 0.1) is 13.8 Å². The third-order valence-electron chi connectivity index (χ3n) is 3.36. The van der Waals surface area contributed by atoms with Gasteiger partial charge in [0.1, 0.15) is 11.6 Å². The maximum Gasteiger partial charge on any atom is 0.346 e. The molecule has 0 aliphatic carbocycles. The van der Waals surface area contributed by atoms with Crippen molar-refractivity contribution in [2.24, 2.45) is 4.99 Å². The van der Waals surface area contributed by atoms with E-state index in [0.717, 1.165) is 37.4 Å². The lowest BCUT2D eigenvalue weighted by Crippen LogP contribution is -2.27. The Bertz CT molecular complexity index is 707. The first-order valence-electron chi connectivity index (χ1n) is 6.96. The largest absolute Gasteiger partial charge is 0.346 e. The number of amides is 2. The minimum atomic E-state index is -0.161. The molecule has 0 atom stereocenters. The van der Waals surface area contributed by atoms with Crippen LogP contribution < -0.4 is 4.80 Å². The van der Waals surface area contributed by atoms with Crippen LogP contribution >= 0.6 is 11.3 Å². The van der Waals surface area contributed by atoms with Crippen LogP contribution in [-0.2, 0) is 0 Å². The maximum atomic E-state index is 12.1. The summed E-state index contributed by atoms with van der Waals surface area (Å²) in [7, 11) is 0. The Hall–Kier alpha value is -2.02. The predicted octanol–water partition coefficient (Wildman–Crippen LogP) is 2.06. The van der Waals surface area contributed by atoms with Crippen molar-refractivity contribution in [2.75, 3.05) is 13.1 Å². The van der Waals surface area contributed by atoms with E-state index >= 15 is 0 Å². The number of aryl methyl sites for hydroxylation is 2. The molecule has 2 amide bonds. The van der Waals surface area contributed by atoms with E-state index in [0.29, 0.717) is 10.6 Å². The number of rotatable bonds is 1.